The Morgan fingerprint density at radius 3 is 2.78 bits per heavy atom. The van der Waals surface area contributed by atoms with Crippen LogP contribution in [0, 0.1) is 0 Å². The fourth-order valence-corrected chi connectivity index (χ4v) is 2.71. The zero-order valence-corrected chi connectivity index (χ0v) is 10.9. The number of hydrogen-bond acceptors (Lipinski definition) is 3. The number of nitrogens with zero attached hydrogens (tertiary/aromatic N) is 1. The van der Waals surface area contributed by atoms with Gasteiger partial charge >= 0.3 is 0 Å². The smallest absolute Gasteiger partial charge is 0.292 e. The molecule has 0 aliphatic carbocycles. The van der Waals surface area contributed by atoms with E-state index in [-0.39, 0.29) is 5.91 Å². The predicted octanol–water partition coefficient (Wildman–Crippen LogP) is 2.30. The van der Waals surface area contributed by atoms with E-state index in [1.807, 2.05) is 13.0 Å². The monoisotopic (exact) mass is 267 g/mol. The second kappa shape index (κ2) is 4.23. The first kappa shape index (κ1) is 12.0. The quantitative estimate of drug-likeness (QED) is 0.784. The average Bonchev–Trinajstić information content (AvgIpc) is 2.61. The molecule has 5 heteroatoms. The number of amides is 1. The number of fused-ring (bicyclic) bond motifs is 2. The number of hydrogen-bond donors (Lipinski definition) is 0. The fourth-order valence-electron chi connectivity index (χ4n) is 2.53. The number of rotatable bonds is 1. The second-order valence-electron chi connectivity index (χ2n) is 4.38. The first-order chi connectivity index (χ1) is 8.69. The summed E-state index contributed by atoms with van der Waals surface area (Å²) in [6.07, 6.45) is 0.803. The maximum atomic E-state index is 12.5. The highest BCUT2D eigenvalue weighted by Crippen LogP contribution is 2.45. The van der Waals surface area contributed by atoms with E-state index < -0.39 is 5.79 Å². The van der Waals surface area contributed by atoms with Crippen LogP contribution >= 0.6 is 11.6 Å². The van der Waals surface area contributed by atoms with Gasteiger partial charge in [0.1, 0.15) is 0 Å². The Labute approximate surface area is 110 Å². The van der Waals surface area contributed by atoms with E-state index >= 15 is 0 Å². The van der Waals surface area contributed by atoms with Crippen LogP contribution in [0.5, 0.6) is 0 Å². The lowest BCUT2D eigenvalue weighted by atomic mass is 10.1. The molecule has 3 rings (SSSR count). The number of anilines is 1. The molecular weight excluding hydrogens is 254 g/mol. The van der Waals surface area contributed by atoms with Crippen LogP contribution in [0.3, 0.4) is 0 Å². The highest BCUT2D eigenvalue weighted by molar-refractivity contribution is 6.31. The van der Waals surface area contributed by atoms with E-state index in [0.717, 1.165) is 17.7 Å². The number of carbonyl (C=O) groups excluding carboxylic acids is 1. The number of likely N-dealkylation sites (N-methyl/N-ethyl adjacent to an activating group) is 1. The molecule has 4 nitrogen and oxygen atoms in total. The molecule has 0 radical (unpaired) electrons. The molecule has 2 aliphatic heterocycles. The van der Waals surface area contributed by atoms with Gasteiger partial charge in [-0.2, -0.15) is 0 Å². The van der Waals surface area contributed by atoms with Crippen molar-refractivity contribution in [3.05, 3.63) is 28.8 Å². The third kappa shape index (κ3) is 1.49. The number of carbonyl (C=O) groups is 1. The van der Waals surface area contributed by atoms with Crippen molar-refractivity contribution in [1.82, 2.24) is 0 Å². The summed E-state index contributed by atoms with van der Waals surface area (Å²) >= 11 is 6.02. The summed E-state index contributed by atoms with van der Waals surface area (Å²) in [4.78, 5) is 14.2. The summed E-state index contributed by atoms with van der Waals surface area (Å²) in [5, 5.41) is 0.580. The Morgan fingerprint density at radius 2 is 2.11 bits per heavy atom. The molecule has 1 aromatic rings. The molecule has 1 fully saturated rings. The van der Waals surface area contributed by atoms with Gasteiger partial charge in [0.2, 0.25) is 0 Å². The van der Waals surface area contributed by atoms with E-state index in [2.05, 4.69) is 0 Å². The van der Waals surface area contributed by atoms with Gasteiger partial charge < -0.3 is 14.4 Å². The number of benzene rings is 1. The van der Waals surface area contributed by atoms with Crippen molar-refractivity contribution in [3.8, 4) is 0 Å². The molecular formula is C13H14ClNO3. The zero-order valence-electron chi connectivity index (χ0n) is 10.1. The minimum atomic E-state index is -1.27. The minimum Gasteiger partial charge on any atom is -0.338 e. The Balaban J connectivity index is 2.16. The van der Waals surface area contributed by atoms with Crippen molar-refractivity contribution in [3.63, 3.8) is 0 Å². The molecule has 2 heterocycles. The normalized spacial score (nSPS) is 21.4. The average molecular weight is 268 g/mol. The van der Waals surface area contributed by atoms with E-state index in [1.165, 1.54) is 0 Å². The highest BCUT2D eigenvalue weighted by atomic mass is 35.5. The van der Waals surface area contributed by atoms with Crippen LogP contribution < -0.4 is 4.90 Å². The van der Waals surface area contributed by atoms with Gasteiger partial charge in [-0.3, -0.25) is 4.79 Å². The van der Waals surface area contributed by atoms with Gasteiger partial charge in [0, 0.05) is 17.1 Å². The van der Waals surface area contributed by atoms with E-state index in [9.17, 15) is 4.79 Å². The maximum Gasteiger partial charge on any atom is 0.292 e. The van der Waals surface area contributed by atoms with E-state index in [1.54, 1.807) is 17.0 Å². The summed E-state index contributed by atoms with van der Waals surface area (Å²) in [5.74, 6) is -1.42. The molecule has 0 N–H and O–H groups in total. The SMILES string of the molecule is CCN1C(=O)C2(OCCCO2)c2cc(Cl)ccc21. The van der Waals surface area contributed by atoms with Crippen LogP contribution in [0.25, 0.3) is 0 Å². The van der Waals surface area contributed by atoms with Crippen LogP contribution in [-0.4, -0.2) is 25.7 Å². The first-order valence-electron chi connectivity index (χ1n) is 6.09. The van der Waals surface area contributed by atoms with Gasteiger partial charge in [0.05, 0.1) is 18.9 Å². The predicted molar refractivity (Wildman–Crippen MR) is 67.7 cm³/mol. The molecule has 2 aliphatic rings. The number of halogens is 1. The van der Waals surface area contributed by atoms with Crippen molar-refractivity contribution in [2.75, 3.05) is 24.7 Å². The van der Waals surface area contributed by atoms with Crippen molar-refractivity contribution in [2.24, 2.45) is 0 Å². The molecule has 1 amide bonds. The van der Waals surface area contributed by atoms with E-state index in [0.29, 0.717) is 24.8 Å². The topological polar surface area (TPSA) is 38.8 Å². The van der Waals surface area contributed by atoms with Gasteiger partial charge in [-0.05, 0) is 31.5 Å². The Hall–Kier alpha value is -1.10. The summed E-state index contributed by atoms with van der Waals surface area (Å²) in [6, 6.07) is 5.38. The molecule has 1 saturated heterocycles. The Bertz CT molecular complexity index is 497. The van der Waals surface area contributed by atoms with Crippen molar-refractivity contribution >= 4 is 23.2 Å². The molecule has 0 atom stereocenters. The summed E-state index contributed by atoms with van der Waals surface area (Å²) in [6.45, 7) is 3.56. The molecule has 18 heavy (non-hydrogen) atoms. The van der Waals surface area contributed by atoms with Gasteiger partial charge in [-0.15, -0.1) is 0 Å². The van der Waals surface area contributed by atoms with Gasteiger partial charge in [0.25, 0.3) is 11.7 Å². The Kier molecular flexibility index (Phi) is 2.81. The van der Waals surface area contributed by atoms with Gasteiger partial charge in [-0.1, -0.05) is 11.6 Å². The van der Waals surface area contributed by atoms with Crippen molar-refractivity contribution in [2.45, 2.75) is 19.1 Å². The largest absolute Gasteiger partial charge is 0.338 e. The summed E-state index contributed by atoms with van der Waals surface area (Å²) in [7, 11) is 0. The van der Waals surface area contributed by atoms with Crippen LogP contribution in [0.2, 0.25) is 5.02 Å². The molecule has 0 aromatic heterocycles. The zero-order chi connectivity index (χ0) is 12.8. The van der Waals surface area contributed by atoms with Crippen LogP contribution in [0.1, 0.15) is 18.9 Å². The van der Waals surface area contributed by atoms with Crippen LogP contribution in [0.4, 0.5) is 5.69 Å². The summed E-state index contributed by atoms with van der Waals surface area (Å²) in [5.41, 5.74) is 1.55. The van der Waals surface area contributed by atoms with Crippen molar-refractivity contribution < 1.29 is 14.3 Å². The maximum absolute atomic E-state index is 12.5. The summed E-state index contributed by atoms with van der Waals surface area (Å²) < 4.78 is 11.4. The van der Waals surface area contributed by atoms with Crippen LogP contribution in [0.15, 0.2) is 18.2 Å². The van der Waals surface area contributed by atoms with E-state index in [4.69, 9.17) is 21.1 Å². The Morgan fingerprint density at radius 1 is 1.39 bits per heavy atom. The minimum absolute atomic E-state index is 0.151. The molecule has 0 saturated carbocycles. The molecule has 0 bridgehead atoms. The second-order valence-corrected chi connectivity index (χ2v) is 4.81. The lowest BCUT2D eigenvalue weighted by molar-refractivity contribution is -0.256. The molecule has 1 spiro atoms. The molecule has 1 aromatic carbocycles. The number of ether oxygens (including phenoxy) is 2. The molecule has 0 unspecified atom stereocenters. The third-order valence-corrected chi connectivity index (χ3v) is 3.58. The highest BCUT2D eigenvalue weighted by Gasteiger charge is 2.54. The molecule has 96 valence electrons. The van der Waals surface area contributed by atoms with Crippen LogP contribution in [-0.2, 0) is 20.1 Å². The third-order valence-electron chi connectivity index (χ3n) is 3.35. The fraction of sp³-hybridized carbons (Fsp3) is 0.462. The standard InChI is InChI=1S/C13H14ClNO3/c1-2-15-11-5-4-9(14)8-10(11)13(12(15)16)17-6-3-7-18-13/h4-5,8H,2-3,6-7H2,1H3. The van der Waals surface area contributed by atoms with Gasteiger partial charge in [-0.25, -0.2) is 0 Å². The first-order valence-corrected chi connectivity index (χ1v) is 6.47. The lowest BCUT2D eigenvalue weighted by Gasteiger charge is -2.32. The van der Waals surface area contributed by atoms with Crippen molar-refractivity contribution in [1.29, 1.82) is 0 Å². The lowest BCUT2D eigenvalue weighted by Crippen LogP contribution is -2.47. The van der Waals surface area contributed by atoms with Gasteiger partial charge in [0.15, 0.2) is 0 Å².